The average molecular weight is 326 g/mol. The molecule has 0 aliphatic heterocycles. The molecule has 0 amide bonds. The molecule has 0 aromatic heterocycles. The number of Topliss-reactive ketones (excluding diaryl/α,β-unsaturated/α-hetero) is 1. The fraction of sp³-hybridized carbons (Fsp3) is 0.727. The van der Waals surface area contributed by atoms with Gasteiger partial charge in [-0.3, -0.25) is 9.59 Å². The van der Waals surface area contributed by atoms with E-state index in [0.717, 1.165) is 12.8 Å². The van der Waals surface area contributed by atoms with Crippen LogP contribution < -0.4 is 0 Å². The van der Waals surface area contributed by atoms with Crippen LogP contribution in [0.25, 0.3) is 0 Å². The summed E-state index contributed by atoms with van der Waals surface area (Å²) in [7, 11) is 0. The summed E-state index contributed by atoms with van der Waals surface area (Å²) in [5.74, 6) is 3.11. The van der Waals surface area contributed by atoms with Gasteiger partial charge in [0.05, 0.1) is 0 Å². The summed E-state index contributed by atoms with van der Waals surface area (Å²) in [5.41, 5.74) is 1.79. The maximum absolute atomic E-state index is 12.3. The van der Waals surface area contributed by atoms with E-state index in [1.54, 1.807) is 12.5 Å². The predicted molar refractivity (Wildman–Crippen MR) is 95.3 cm³/mol. The number of hydrogen-bond donors (Lipinski definition) is 0. The van der Waals surface area contributed by atoms with E-state index in [1.165, 1.54) is 12.8 Å². The zero-order chi connectivity index (χ0) is 17.3. The first kappa shape index (κ1) is 16.3. The van der Waals surface area contributed by atoms with Crippen LogP contribution in [0.3, 0.4) is 0 Å². The molecule has 0 saturated heterocycles. The Morgan fingerprint density at radius 1 is 1.25 bits per heavy atom. The third kappa shape index (κ3) is 2.01. The Labute approximate surface area is 145 Å². The lowest BCUT2D eigenvalue weighted by molar-refractivity contribution is -0.126. The van der Waals surface area contributed by atoms with Crippen LogP contribution in [0.2, 0.25) is 0 Å². The van der Waals surface area contributed by atoms with Crippen molar-refractivity contribution in [3.05, 3.63) is 23.8 Å². The van der Waals surface area contributed by atoms with Gasteiger partial charge in [0.1, 0.15) is 5.78 Å². The predicted octanol–water partition coefficient (Wildman–Crippen LogP) is 4.75. The Morgan fingerprint density at radius 2 is 2.00 bits per heavy atom. The average Bonchev–Trinajstić information content (AvgIpc) is 2.78. The van der Waals surface area contributed by atoms with E-state index in [0.29, 0.717) is 41.7 Å². The van der Waals surface area contributed by atoms with Gasteiger partial charge in [0.15, 0.2) is 5.78 Å². The van der Waals surface area contributed by atoms with Gasteiger partial charge in [-0.2, -0.15) is 0 Å². The summed E-state index contributed by atoms with van der Waals surface area (Å²) in [6.45, 7) is 8.79. The molecule has 2 fully saturated rings. The van der Waals surface area contributed by atoms with E-state index < -0.39 is 0 Å². The monoisotopic (exact) mass is 326 g/mol. The largest absolute Gasteiger partial charge is 0.300 e. The second-order valence-corrected chi connectivity index (χ2v) is 9.44. The standard InChI is InChI=1S/C22H30O2/c1-13-11-19-17-6-5-15-12-16(24)7-9-21(15,3)18(17)8-10-22(19,4)20(13)14(2)23/h7-9,13,15,17,19-20H,5-6,10-12H2,1-4H3/t13-,15+,17-,19+,20-,21+,22+/m1/s1. The Morgan fingerprint density at radius 3 is 2.71 bits per heavy atom. The fourth-order valence-electron chi connectivity index (χ4n) is 7.17. The molecule has 2 nitrogen and oxygen atoms in total. The van der Waals surface area contributed by atoms with E-state index in [9.17, 15) is 9.59 Å². The van der Waals surface area contributed by atoms with Crippen molar-refractivity contribution in [1.29, 1.82) is 0 Å². The van der Waals surface area contributed by atoms with Crippen molar-refractivity contribution in [3.8, 4) is 0 Å². The molecule has 4 rings (SSSR count). The van der Waals surface area contributed by atoms with Crippen LogP contribution in [-0.2, 0) is 9.59 Å². The minimum atomic E-state index is 0.0652. The molecule has 4 aliphatic carbocycles. The molecule has 0 N–H and O–H groups in total. The zero-order valence-corrected chi connectivity index (χ0v) is 15.5. The molecule has 0 radical (unpaired) electrons. The molecule has 0 aromatic carbocycles. The van der Waals surface area contributed by atoms with E-state index in [4.69, 9.17) is 0 Å². The zero-order valence-electron chi connectivity index (χ0n) is 15.5. The van der Waals surface area contributed by atoms with Gasteiger partial charge in [-0.25, -0.2) is 0 Å². The summed E-state index contributed by atoms with van der Waals surface area (Å²) >= 11 is 0. The van der Waals surface area contributed by atoms with Gasteiger partial charge in [0, 0.05) is 17.8 Å². The van der Waals surface area contributed by atoms with E-state index in [2.05, 4.69) is 32.9 Å². The van der Waals surface area contributed by atoms with Crippen LogP contribution in [0.1, 0.15) is 59.8 Å². The highest BCUT2D eigenvalue weighted by molar-refractivity contribution is 5.91. The van der Waals surface area contributed by atoms with Crippen molar-refractivity contribution in [1.82, 2.24) is 0 Å². The third-order valence-electron chi connectivity index (χ3n) is 8.20. The molecule has 2 saturated carbocycles. The van der Waals surface area contributed by atoms with Gasteiger partial charge in [-0.15, -0.1) is 0 Å². The number of allylic oxidation sites excluding steroid dienone is 4. The van der Waals surface area contributed by atoms with Crippen LogP contribution in [0, 0.1) is 40.4 Å². The first-order chi connectivity index (χ1) is 11.3. The molecule has 2 heteroatoms. The van der Waals surface area contributed by atoms with E-state index in [-0.39, 0.29) is 16.7 Å². The molecule has 7 atom stereocenters. The number of fused-ring (bicyclic) bond motifs is 5. The van der Waals surface area contributed by atoms with E-state index in [1.807, 2.05) is 6.08 Å². The first-order valence-corrected chi connectivity index (χ1v) is 9.70. The number of hydrogen-bond acceptors (Lipinski definition) is 2. The molecular weight excluding hydrogens is 296 g/mol. The minimum Gasteiger partial charge on any atom is -0.300 e. The molecule has 4 aliphatic rings. The summed E-state index contributed by atoms with van der Waals surface area (Å²) in [6, 6.07) is 0. The van der Waals surface area contributed by atoms with Crippen LogP contribution in [0.4, 0.5) is 0 Å². The van der Waals surface area contributed by atoms with Gasteiger partial charge in [0.2, 0.25) is 0 Å². The molecule has 0 heterocycles. The number of carbonyl (C=O) groups excluding carboxylic acids is 2. The highest BCUT2D eigenvalue weighted by Crippen LogP contribution is 2.65. The highest BCUT2D eigenvalue weighted by Gasteiger charge is 2.59. The third-order valence-corrected chi connectivity index (χ3v) is 8.20. The van der Waals surface area contributed by atoms with Crippen LogP contribution >= 0.6 is 0 Å². The Balaban J connectivity index is 1.75. The SMILES string of the molecule is CC(=O)[C@H]1[C@H](C)C[C@H]2[C@@H]3CC[C@H]4CC(=O)C=C[C@]4(C)C3=CC[C@@]21C. The highest BCUT2D eigenvalue weighted by atomic mass is 16.1. The van der Waals surface area contributed by atoms with Crippen molar-refractivity contribution in [3.63, 3.8) is 0 Å². The van der Waals surface area contributed by atoms with Crippen LogP contribution in [0.5, 0.6) is 0 Å². The van der Waals surface area contributed by atoms with Gasteiger partial charge in [0.25, 0.3) is 0 Å². The van der Waals surface area contributed by atoms with Crippen molar-refractivity contribution < 1.29 is 9.59 Å². The van der Waals surface area contributed by atoms with Gasteiger partial charge in [-0.05, 0) is 67.8 Å². The Kier molecular flexibility index (Phi) is 3.50. The summed E-state index contributed by atoms with van der Waals surface area (Å²) in [4.78, 5) is 24.2. The lowest BCUT2D eigenvalue weighted by Crippen LogP contribution is -2.47. The molecule has 24 heavy (non-hydrogen) atoms. The lowest BCUT2D eigenvalue weighted by atomic mass is 9.50. The Bertz CT molecular complexity index is 657. The maximum Gasteiger partial charge on any atom is 0.155 e. The minimum absolute atomic E-state index is 0.0652. The van der Waals surface area contributed by atoms with Crippen molar-refractivity contribution in [2.24, 2.45) is 40.4 Å². The fourth-order valence-corrected chi connectivity index (χ4v) is 7.17. The lowest BCUT2D eigenvalue weighted by Gasteiger charge is -2.54. The topological polar surface area (TPSA) is 34.1 Å². The van der Waals surface area contributed by atoms with E-state index >= 15 is 0 Å². The molecule has 0 spiro atoms. The first-order valence-electron chi connectivity index (χ1n) is 9.70. The van der Waals surface area contributed by atoms with Gasteiger partial charge >= 0.3 is 0 Å². The van der Waals surface area contributed by atoms with Gasteiger partial charge < -0.3 is 0 Å². The smallest absolute Gasteiger partial charge is 0.155 e. The molecule has 0 unspecified atom stereocenters. The van der Waals surface area contributed by atoms with Crippen molar-refractivity contribution in [2.75, 3.05) is 0 Å². The summed E-state index contributed by atoms with van der Waals surface area (Å²) in [6.07, 6.45) is 11.8. The van der Waals surface area contributed by atoms with Crippen molar-refractivity contribution >= 4 is 11.6 Å². The van der Waals surface area contributed by atoms with Gasteiger partial charge in [-0.1, -0.05) is 38.5 Å². The number of carbonyl (C=O) groups is 2. The number of ketones is 2. The Hall–Kier alpha value is -1.18. The van der Waals surface area contributed by atoms with Crippen molar-refractivity contribution in [2.45, 2.75) is 59.8 Å². The normalized spacial score (nSPS) is 49.9. The molecular formula is C22H30O2. The second-order valence-electron chi connectivity index (χ2n) is 9.44. The summed E-state index contributed by atoms with van der Waals surface area (Å²) < 4.78 is 0. The summed E-state index contributed by atoms with van der Waals surface area (Å²) in [5, 5.41) is 0. The second kappa shape index (κ2) is 5.16. The molecule has 0 aromatic rings. The number of rotatable bonds is 1. The molecule has 130 valence electrons. The van der Waals surface area contributed by atoms with Crippen LogP contribution in [0.15, 0.2) is 23.8 Å². The molecule has 0 bridgehead atoms. The van der Waals surface area contributed by atoms with Crippen LogP contribution in [-0.4, -0.2) is 11.6 Å². The quantitative estimate of drug-likeness (QED) is 0.652. The maximum atomic E-state index is 12.3.